The minimum absolute atomic E-state index is 0.649. The smallest absolute Gasteiger partial charge is 0.0716 e. The van der Waals surface area contributed by atoms with Gasteiger partial charge in [-0.3, -0.25) is 0 Å². The Morgan fingerprint density at radius 2 is 1.93 bits per heavy atom. The molecular formula is C13H17NO. The molecule has 0 saturated heterocycles. The molecular weight excluding hydrogens is 186 g/mol. The van der Waals surface area contributed by atoms with E-state index < -0.39 is 0 Å². The van der Waals surface area contributed by atoms with Gasteiger partial charge in [-0.1, -0.05) is 12.1 Å². The molecule has 0 saturated carbocycles. The molecule has 1 aromatic rings. The summed E-state index contributed by atoms with van der Waals surface area (Å²) in [6.45, 7) is 1.42. The van der Waals surface area contributed by atoms with Crippen molar-refractivity contribution >= 4 is 5.69 Å². The number of nitrogens with two attached hydrogens (primary N) is 1. The first-order chi connectivity index (χ1) is 7.33. The van der Waals surface area contributed by atoms with E-state index in [-0.39, 0.29) is 0 Å². The number of unbranched alkanes of at least 4 members (excludes halogenated alkanes) is 2. The lowest BCUT2D eigenvalue weighted by Gasteiger charge is -2.03. The highest BCUT2D eigenvalue weighted by Crippen LogP contribution is 2.07. The molecule has 0 aromatic heterocycles. The molecule has 0 heterocycles. The highest BCUT2D eigenvalue weighted by atomic mass is 16.5. The van der Waals surface area contributed by atoms with E-state index in [4.69, 9.17) is 16.9 Å². The first-order valence-electron chi connectivity index (χ1n) is 5.18. The molecule has 0 spiro atoms. The zero-order valence-electron chi connectivity index (χ0n) is 8.91. The molecule has 2 N–H and O–H groups in total. The van der Waals surface area contributed by atoms with Gasteiger partial charge in [0.1, 0.15) is 0 Å². The van der Waals surface area contributed by atoms with Crippen LogP contribution in [0.5, 0.6) is 0 Å². The summed E-state index contributed by atoms with van der Waals surface area (Å²) in [5.41, 5.74) is 7.52. The molecule has 0 atom stereocenters. The molecule has 0 aliphatic rings. The fraction of sp³-hybridized carbons (Fsp3) is 0.385. The Morgan fingerprint density at radius 3 is 2.60 bits per heavy atom. The number of terminal acetylenes is 1. The first kappa shape index (κ1) is 11.6. The minimum Gasteiger partial charge on any atom is -0.399 e. The second-order valence-electron chi connectivity index (χ2n) is 3.46. The number of rotatable bonds is 6. The van der Waals surface area contributed by atoms with Crippen LogP contribution in [0.3, 0.4) is 0 Å². The molecule has 2 nitrogen and oxygen atoms in total. The normalized spacial score (nSPS) is 9.80. The maximum absolute atomic E-state index is 5.58. The van der Waals surface area contributed by atoms with Crippen LogP contribution in [-0.4, -0.2) is 6.61 Å². The van der Waals surface area contributed by atoms with Gasteiger partial charge in [-0.2, -0.15) is 0 Å². The van der Waals surface area contributed by atoms with Crippen molar-refractivity contribution in [2.45, 2.75) is 25.9 Å². The van der Waals surface area contributed by atoms with Crippen LogP contribution in [0.1, 0.15) is 24.8 Å². The third-order valence-electron chi connectivity index (χ3n) is 2.11. The van der Waals surface area contributed by atoms with Gasteiger partial charge in [-0.25, -0.2) is 0 Å². The Balaban J connectivity index is 2.10. The van der Waals surface area contributed by atoms with Crippen LogP contribution in [0.2, 0.25) is 0 Å². The monoisotopic (exact) mass is 203 g/mol. The van der Waals surface area contributed by atoms with Crippen LogP contribution < -0.4 is 5.73 Å². The van der Waals surface area contributed by atoms with Crippen molar-refractivity contribution in [3.05, 3.63) is 29.8 Å². The summed E-state index contributed by atoms with van der Waals surface area (Å²) in [4.78, 5) is 0. The Labute approximate surface area is 91.4 Å². The summed E-state index contributed by atoms with van der Waals surface area (Å²) in [6.07, 6.45) is 8.05. The summed E-state index contributed by atoms with van der Waals surface area (Å²) in [7, 11) is 0. The molecule has 0 aliphatic carbocycles. The molecule has 0 aliphatic heterocycles. The Hall–Kier alpha value is -1.46. The van der Waals surface area contributed by atoms with E-state index in [2.05, 4.69) is 5.92 Å². The predicted octanol–water partition coefficient (Wildman–Crippen LogP) is 2.59. The van der Waals surface area contributed by atoms with Crippen molar-refractivity contribution < 1.29 is 4.74 Å². The molecule has 0 bridgehead atoms. The van der Waals surface area contributed by atoms with E-state index in [1.54, 1.807) is 0 Å². The number of anilines is 1. The van der Waals surface area contributed by atoms with E-state index in [0.717, 1.165) is 37.1 Å². The zero-order chi connectivity index (χ0) is 10.9. The molecule has 0 unspecified atom stereocenters. The standard InChI is InChI=1S/C13H17NO/c1-2-3-4-5-10-15-11-12-6-8-13(14)9-7-12/h1,6-9H,3-5,10-11,14H2. The van der Waals surface area contributed by atoms with Crippen molar-refractivity contribution in [2.75, 3.05) is 12.3 Å². The van der Waals surface area contributed by atoms with Crippen molar-refractivity contribution in [1.82, 2.24) is 0 Å². The van der Waals surface area contributed by atoms with Gasteiger partial charge >= 0.3 is 0 Å². The van der Waals surface area contributed by atoms with Gasteiger partial charge in [-0.05, 0) is 30.5 Å². The summed E-state index contributed by atoms with van der Waals surface area (Å²) >= 11 is 0. The molecule has 80 valence electrons. The van der Waals surface area contributed by atoms with Gasteiger partial charge in [0.05, 0.1) is 6.61 Å². The van der Waals surface area contributed by atoms with E-state index in [1.807, 2.05) is 24.3 Å². The quantitative estimate of drug-likeness (QED) is 0.438. The molecule has 15 heavy (non-hydrogen) atoms. The van der Waals surface area contributed by atoms with E-state index in [1.165, 1.54) is 0 Å². The molecule has 1 rings (SSSR count). The van der Waals surface area contributed by atoms with Crippen molar-refractivity contribution in [2.24, 2.45) is 0 Å². The van der Waals surface area contributed by atoms with E-state index in [0.29, 0.717) is 6.61 Å². The highest BCUT2D eigenvalue weighted by molar-refractivity contribution is 5.39. The van der Waals surface area contributed by atoms with Gasteiger partial charge < -0.3 is 10.5 Å². The fourth-order valence-corrected chi connectivity index (χ4v) is 1.24. The van der Waals surface area contributed by atoms with Gasteiger partial charge in [0.15, 0.2) is 0 Å². The van der Waals surface area contributed by atoms with Gasteiger partial charge in [-0.15, -0.1) is 12.3 Å². The Morgan fingerprint density at radius 1 is 1.20 bits per heavy atom. The number of ether oxygens (including phenoxy) is 1. The molecule has 2 heteroatoms. The number of nitrogen functional groups attached to an aromatic ring is 1. The fourth-order valence-electron chi connectivity index (χ4n) is 1.24. The maximum atomic E-state index is 5.58. The van der Waals surface area contributed by atoms with Gasteiger partial charge in [0.25, 0.3) is 0 Å². The Bertz CT molecular complexity index is 310. The van der Waals surface area contributed by atoms with Crippen LogP contribution in [0, 0.1) is 12.3 Å². The zero-order valence-corrected chi connectivity index (χ0v) is 8.91. The number of hydrogen-bond donors (Lipinski definition) is 1. The van der Waals surface area contributed by atoms with Crippen molar-refractivity contribution in [3.8, 4) is 12.3 Å². The second kappa shape index (κ2) is 6.92. The number of benzene rings is 1. The van der Waals surface area contributed by atoms with Gasteiger partial charge in [0, 0.05) is 18.7 Å². The lowest BCUT2D eigenvalue weighted by atomic mass is 10.2. The predicted molar refractivity (Wildman–Crippen MR) is 63.2 cm³/mol. The lowest BCUT2D eigenvalue weighted by Crippen LogP contribution is -1.95. The van der Waals surface area contributed by atoms with E-state index in [9.17, 15) is 0 Å². The summed E-state index contributed by atoms with van der Waals surface area (Å²) < 4.78 is 5.50. The lowest BCUT2D eigenvalue weighted by molar-refractivity contribution is 0.117. The molecule has 0 amide bonds. The van der Waals surface area contributed by atoms with Crippen molar-refractivity contribution in [3.63, 3.8) is 0 Å². The second-order valence-corrected chi connectivity index (χ2v) is 3.46. The molecule has 0 radical (unpaired) electrons. The van der Waals surface area contributed by atoms with Crippen LogP contribution in [0.25, 0.3) is 0 Å². The summed E-state index contributed by atoms with van der Waals surface area (Å²) in [5, 5.41) is 0. The topological polar surface area (TPSA) is 35.2 Å². The van der Waals surface area contributed by atoms with Crippen molar-refractivity contribution in [1.29, 1.82) is 0 Å². The Kier molecular flexibility index (Phi) is 5.35. The van der Waals surface area contributed by atoms with Gasteiger partial charge in [0.2, 0.25) is 0 Å². The van der Waals surface area contributed by atoms with E-state index >= 15 is 0 Å². The maximum Gasteiger partial charge on any atom is 0.0716 e. The van der Waals surface area contributed by atoms with Crippen LogP contribution >= 0.6 is 0 Å². The number of hydrogen-bond acceptors (Lipinski definition) is 2. The van der Waals surface area contributed by atoms with Crippen LogP contribution in [0.4, 0.5) is 5.69 Å². The average Bonchev–Trinajstić information content (AvgIpc) is 2.26. The largest absolute Gasteiger partial charge is 0.399 e. The summed E-state index contributed by atoms with van der Waals surface area (Å²) in [6, 6.07) is 7.74. The van der Waals surface area contributed by atoms with Crippen LogP contribution in [-0.2, 0) is 11.3 Å². The summed E-state index contributed by atoms with van der Waals surface area (Å²) in [5.74, 6) is 2.61. The molecule has 0 fully saturated rings. The average molecular weight is 203 g/mol. The third kappa shape index (κ3) is 5.09. The van der Waals surface area contributed by atoms with Crippen LogP contribution in [0.15, 0.2) is 24.3 Å². The highest BCUT2D eigenvalue weighted by Gasteiger charge is 1.93. The first-order valence-corrected chi connectivity index (χ1v) is 5.18. The third-order valence-corrected chi connectivity index (χ3v) is 2.11. The minimum atomic E-state index is 0.649. The molecule has 1 aromatic carbocycles. The SMILES string of the molecule is C#CCCCCOCc1ccc(N)cc1.